The van der Waals surface area contributed by atoms with Gasteiger partial charge in [-0.05, 0) is 72.9 Å². The van der Waals surface area contributed by atoms with Crippen LogP contribution in [-0.2, 0) is 17.7 Å². The van der Waals surface area contributed by atoms with Crippen LogP contribution in [0.5, 0.6) is 11.6 Å². The predicted molar refractivity (Wildman–Crippen MR) is 183 cm³/mol. The number of hydrogen-bond acceptors (Lipinski definition) is 12. The van der Waals surface area contributed by atoms with E-state index in [-0.39, 0.29) is 6.10 Å². The topological polar surface area (TPSA) is 143 Å². The summed E-state index contributed by atoms with van der Waals surface area (Å²) in [6, 6.07) is 12.4. The summed E-state index contributed by atoms with van der Waals surface area (Å²) in [5, 5.41) is 20.0. The number of aromatic nitrogens is 9. The van der Waals surface area contributed by atoms with E-state index in [9.17, 15) is 0 Å². The number of anilines is 2. The van der Waals surface area contributed by atoms with Crippen molar-refractivity contribution < 1.29 is 14.2 Å². The molecule has 0 bridgehead atoms. The van der Waals surface area contributed by atoms with Crippen molar-refractivity contribution in [1.82, 2.24) is 49.8 Å². The van der Waals surface area contributed by atoms with Crippen molar-refractivity contribution in [2.75, 3.05) is 38.2 Å². The molecule has 1 aliphatic heterocycles. The van der Waals surface area contributed by atoms with Crippen LogP contribution in [0.3, 0.4) is 0 Å². The quantitative estimate of drug-likeness (QED) is 0.178. The fourth-order valence-corrected chi connectivity index (χ4v) is 6.56. The van der Waals surface area contributed by atoms with E-state index >= 15 is 0 Å². The zero-order valence-corrected chi connectivity index (χ0v) is 28.2. The number of rotatable bonds is 13. The van der Waals surface area contributed by atoms with Crippen LogP contribution in [0.25, 0.3) is 11.1 Å². The summed E-state index contributed by atoms with van der Waals surface area (Å²) in [5.41, 5.74) is 3.39. The van der Waals surface area contributed by atoms with Crippen LogP contribution in [0.4, 0.5) is 11.6 Å². The highest BCUT2D eigenvalue weighted by atomic mass is 35.5. The van der Waals surface area contributed by atoms with Gasteiger partial charge >= 0.3 is 0 Å². The normalized spacial score (nSPS) is 19.0. The van der Waals surface area contributed by atoms with E-state index in [1.807, 2.05) is 43.5 Å². The van der Waals surface area contributed by atoms with E-state index in [0.29, 0.717) is 54.3 Å². The zero-order valence-electron chi connectivity index (χ0n) is 27.4. The van der Waals surface area contributed by atoms with Crippen LogP contribution in [0.2, 0.25) is 5.02 Å². The van der Waals surface area contributed by atoms with Crippen LogP contribution in [0.15, 0.2) is 67.5 Å². The van der Waals surface area contributed by atoms with Crippen molar-refractivity contribution >= 4 is 23.2 Å². The van der Waals surface area contributed by atoms with Gasteiger partial charge in [-0.1, -0.05) is 23.7 Å². The Hall–Kier alpha value is -4.66. The molecule has 2 aliphatic rings. The number of ether oxygens (including phenoxy) is 3. The third kappa shape index (κ3) is 8.50. The Kier molecular flexibility index (Phi) is 10.5. The first-order valence-electron chi connectivity index (χ1n) is 16.8. The smallest absolute Gasteiger partial charge is 0.256 e. The minimum atomic E-state index is -0.208. The van der Waals surface area contributed by atoms with Crippen LogP contribution in [0, 0.1) is 0 Å². The average molecular weight is 686 g/mol. The highest BCUT2D eigenvalue weighted by Gasteiger charge is 2.29. The van der Waals surface area contributed by atoms with Gasteiger partial charge in [0.25, 0.3) is 5.88 Å². The summed E-state index contributed by atoms with van der Waals surface area (Å²) in [4.78, 5) is 16.3. The second-order valence-corrected chi connectivity index (χ2v) is 12.8. The van der Waals surface area contributed by atoms with Gasteiger partial charge in [0.05, 0.1) is 43.6 Å². The first-order valence-corrected chi connectivity index (χ1v) is 17.2. The minimum Gasteiger partial charge on any atom is -0.487 e. The molecule has 0 spiro atoms. The molecule has 5 aromatic rings. The number of halogens is 1. The molecule has 0 radical (unpaired) electrons. The second-order valence-electron chi connectivity index (χ2n) is 12.4. The third-order valence-electron chi connectivity index (χ3n) is 8.95. The molecule has 4 aromatic heterocycles. The highest BCUT2D eigenvalue weighted by Crippen LogP contribution is 2.35. The fourth-order valence-electron chi connectivity index (χ4n) is 6.40. The van der Waals surface area contributed by atoms with Gasteiger partial charge in [0.15, 0.2) is 0 Å². The van der Waals surface area contributed by atoms with Crippen LogP contribution in [0.1, 0.15) is 44.3 Å². The van der Waals surface area contributed by atoms with Crippen LogP contribution < -0.4 is 14.8 Å². The number of morpholine rings is 1. The molecular weight excluding hydrogens is 646 g/mol. The summed E-state index contributed by atoms with van der Waals surface area (Å²) in [7, 11) is 0. The molecule has 1 atom stereocenters. The summed E-state index contributed by atoms with van der Waals surface area (Å²) in [6.07, 6.45) is 13.8. The Bertz CT molecular complexity index is 1760. The Morgan fingerprint density at radius 2 is 1.82 bits per heavy atom. The Morgan fingerprint density at radius 3 is 2.57 bits per heavy atom. The van der Waals surface area contributed by atoms with Gasteiger partial charge < -0.3 is 19.5 Å². The van der Waals surface area contributed by atoms with E-state index in [4.69, 9.17) is 30.9 Å². The van der Waals surface area contributed by atoms with Gasteiger partial charge in [0.1, 0.15) is 23.9 Å². The van der Waals surface area contributed by atoms with Gasteiger partial charge in [-0.2, -0.15) is 0 Å². The number of nitrogens with one attached hydrogen (secondary N) is 1. The van der Waals surface area contributed by atoms with E-state index < -0.39 is 0 Å². The van der Waals surface area contributed by atoms with Gasteiger partial charge in [0, 0.05) is 55.4 Å². The maximum Gasteiger partial charge on any atom is 0.256 e. The minimum absolute atomic E-state index is 0.208. The number of tetrazole rings is 1. The molecule has 1 aliphatic carbocycles. The largest absolute Gasteiger partial charge is 0.487 e. The molecular formula is C34H40ClN11O3. The maximum absolute atomic E-state index is 6.47. The third-order valence-corrected chi connectivity index (χ3v) is 9.26. The van der Waals surface area contributed by atoms with E-state index in [2.05, 4.69) is 45.4 Å². The average Bonchev–Trinajstić information content (AvgIpc) is 3.80. The van der Waals surface area contributed by atoms with Crippen molar-refractivity contribution in [3.05, 3.63) is 78.2 Å². The lowest BCUT2D eigenvalue weighted by Gasteiger charge is -2.38. The number of hydrogen-bond donors (Lipinski definition) is 1. The summed E-state index contributed by atoms with van der Waals surface area (Å²) in [5.74, 6) is 1.52. The van der Waals surface area contributed by atoms with Crippen LogP contribution in [-0.4, -0.2) is 94.9 Å². The lowest BCUT2D eigenvalue weighted by Crippen LogP contribution is -2.45. The number of benzene rings is 1. The Morgan fingerprint density at radius 1 is 1.00 bits per heavy atom. The SMILES string of the molecule is C[C@@H](Cn1cnnn1)Oc1cc(-c2cnc(Nc3cn([C@H]4CC[C@H](N5CCOCC5)CC4)nc3OCCc3ccccn3)nc2)ccc1Cl. The maximum atomic E-state index is 6.47. The summed E-state index contributed by atoms with van der Waals surface area (Å²) < 4.78 is 21.6. The summed E-state index contributed by atoms with van der Waals surface area (Å²) in [6.45, 7) is 6.56. The lowest BCUT2D eigenvalue weighted by molar-refractivity contribution is 0.00503. The molecule has 5 heterocycles. The molecule has 15 heteroatoms. The highest BCUT2D eigenvalue weighted by molar-refractivity contribution is 6.32. The Balaban J connectivity index is 1.03. The van der Waals surface area contributed by atoms with Crippen molar-refractivity contribution in [2.45, 2.75) is 63.8 Å². The molecule has 256 valence electrons. The molecule has 2 fully saturated rings. The van der Waals surface area contributed by atoms with Gasteiger partial charge in [0.2, 0.25) is 5.95 Å². The lowest BCUT2D eigenvalue weighted by atomic mass is 9.90. The van der Waals surface area contributed by atoms with Crippen molar-refractivity contribution in [2.24, 2.45) is 0 Å². The monoisotopic (exact) mass is 685 g/mol. The van der Waals surface area contributed by atoms with Gasteiger partial charge in [-0.15, -0.1) is 10.2 Å². The molecule has 0 unspecified atom stereocenters. The molecule has 49 heavy (non-hydrogen) atoms. The summed E-state index contributed by atoms with van der Waals surface area (Å²) >= 11 is 6.47. The van der Waals surface area contributed by atoms with E-state index in [1.165, 1.54) is 0 Å². The predicted octanol–water partition coefficient (Wildman–Crippen LogP) is 5.02. The molecule has 0 amide bonds. The van der Waals surface area contributed by atoms with E-state index in [1.54, 1.807) is 35.7 Å². The zero-order chi connectivity index (χ0) is 33.4. The van der Waals surface area contributed by atoms with Crippen molar-refractivity contribution in [3.63, 3.8) is 0 Å². The van der Waals surface area contributed by atoms with Crippen molar-refractivity contribution in [1.29, 1.82) is 0 Å². The second kappa shape index (κ2) is 15.7. The first kappa shape index (κ1) is 32.9. The van der Waals surface area contributed by atoms with Crippen molar-refractivity contribution in [3.8, 4) is 22.8 Å². The standard InChI is InChI=1S/C34H40ClN11O3/c1-24(21-45-23-39-42-43-45)49-32-18-25(5-10-30(32)35)26-19-37-34(38-20-26)40-31-22-46(41-33(31)48-15-11-27-4-2-3-12-36-27)29-8-6-28(7-9-29)44-13-16-47-17-14-44/h2-5,10,12,18-20,22-24,28-29H,6-9,11,13-17,21H2,1H3,(H,37,38,40)/t24-,28-,29-/m0/s1. The number of pyridine rings is 1. The molecule has 1 aromatic carbocycles. The van der Waals surface area contributed by atoms with Gasteiger partial charge in [-0.3, -0.25) is 14.6 Å². The fraction of sp³-hybridized carbons (Fsp3) is 0.441. The Labute approximate surface area is 289 Å². The molecule has 1 saturated heterocycles. The molecule has 1 N–H and O–H groups in total. The number of nitrogens with zero attached hydrogens (tertiary/aromatic N) is 10. The van der Waals surface area contributed by atoms with E-state index in [0.717, 1.165) is 74.5 Å². The van der Waals surface area contributed by atoms with Gasteiger partial charge in [-0.25, -0.2) is 14.6 Å². The van der Waals surface area contributed by atoms with Crippen LogP contribution >= 0.6 is 11.6 Å². The first-order chi connectivity index (χ1) is 24.1. The molecule has 1 saturated carbocycles. The molecule has 7 rings (SSSR count). The molecule has 14 nitrogen and oxygen atoms in total.